The van der Waals surface area contributed by atoms with Crippen LogP contribution in [-0.2, 0) is 14.8 Å². The van der Waals surface area contributed by atoms with Gasteiger partial charge in [-0.05, 0) is 29.3 Å². The third-order valence-corrected chi connectivity index (χ3v) is 7.68. The first-order valence-electron chi connectivity index (χ1n) is 10.2. The molecule has 1 aliphatic rings. The third-order valence-electron chi connectivity index (χ3n) is 5.48. The lowest BCUT2D eigenvalue weighted by Gasteiger charge is -2.33. The number of fused-ring (bicyclic) bond motifs is 1. The molecule has 168 valence electrons. The highest BCUT2D eigenvalue weighted by Gasteiger charge is 2.26. The number of rotatable bonds is 6. The summed E-state index contributed by atoms with van der Waals surface area (Å²) in [5.41, 5.74) is 2.94. The van der Waals surface area contributed by atoms with Gasteiger partial charge in [0.25, 0.3) is 0 Å². The number of piperazine rings is 1. The Labute approximate surface area is 192 Å². The Balaban J connectivity index is 1.53. The van der Waals surface area contributed by atoms with Gasteiger partial charge in [-0.2, -0.15) is 4.31 Å². The van der Waals surface area contributed by atoms with E-state index in [1.54, 1.807) is 12.0 Å². The van der Waals surface area contributed by atoms with E-state index >= 15 is 0 Å². The van der Waals surface area contributed by atoms with Gasteiger partial charge in [0.15, 0.2) is 0 Å². The van der Waals surface area contributed by atoms with Crippen molar-refractivity contribution >= 4 is 38.6 Å². The normalized spacial score (nSPS) is 15.1. The number of thioether (sulfide) groups is 1. The molecule has 32 heavy (non-hydrogen) atoms. The molecular weight excluding hydrogens is 446 g/mol. The molecule has 2 heterocycles. The standard InChI is InChI=1S/C23H25N3O4S2/c1-30-18-8-9-19-20(17-6-4-3-5-7-17)15-22(24-21(19)14-18)31-16-23(27)25-10-12-26(13-11-25)32(2,28)29/h3-9,14-15H,10-13,16H2,1-2H3. The third kappa shape index (κ3) is 5.06. The maximum Gasteiger partial charge on any atom is 0.233 e. The number of aromatic nitrogens is 1. The zero-order chi connectivity index (χ0) is 22.7. The highest BCUT2D eigenvalue weighted by Crippen LogP contribution is 2.33. The molecule has 9 heteroatoms. The summed E-state index contributed by atoms with van der Waals surface area (Å²) in [6.07, 6.45) is 1.20. The quantitative estimate of drug-likeness (QED) is 0.514. The Morgan fingerprint density at radius 2 is 1.78 bits per heavy atom. The predicted molar refractivity (Wildman–Crippen MR) is 127 cm³/mol. The smallest absolute Gasteiger partial charge is 0.233 e. The van der Waals surface area contributed by atoms with Gasteiger partial charge in [0, 0.05) is 37.6 Å². The first-order chi connectivity index (χ1) is 15.3. The molecule has 0 radical (unpaired) electrons. The fraction of sp³-hybridized carbons (Fsp3) is 0.304. The molecule has 0 bridgehead atoms. The van der Waals surface area contributed by atoms with Crippen LogP contribution >= 0.6 is 11.8 Å². The maximum absolute atomic E-state index is 12.7. The average Bonchev–Trinajstić information content (AvgIpc) is 2.81. The molecule has 0 unspecified atom stereocenters. The van der Waals surface area contributed by atoms with Crippen molar-refractivity contribution in [1.82, 2.24) is 14.2 Å². The lowest BCUT2D eigenvalue weighted by atomic mass is 10.0. The van der Waals surface area contributed by atoms with E-state index in [4.69, 9.17) is 9.72 Å². The first-order valence-corrected chi connectivity index (χ1v) is 13.1. The second-order valence-corrected chi connectivity index (χ2v) is 10.6. The van der Waals surface area contributed by atoms with E-state index in [0.717, 1.165) is 32.8 Å². The van der Waals surface area contributed by atoms with Crippen molar-refractivity contribution in [3.8, 4) is 16.9 Å². The number of sulfonamides is 1. The molecule has 4 rings (SSSR count). The zero-order valence-corrected chi connectivity index (χ0v) is 19.7. The fourth-order valence-corrected chi connectivity index (χ4v) is 5.38. The number of hydrogen-bond donors (Lipinski definition) is 0. The lowest BCUT2D eigenvalue weighted by molar-refractivity contribution is -0.129. The van der Waals surface area contributed by atoms with Gasteiger partial charge < -0.3 is 9.64 Å². The van der Waals surface area contributed by atoms with E-state index in [9.17, 15) is 13.2 Å². The molecule has 2 aromatic carbocycles. The molecule has 0 N–H and O–H groups in total. The van der Waals surface area contributed by atoms with E-state index in [1.807, 2.05) is 42.5 Å². The number of methoxy groups -OCH3 is 1. The largest absolute Gasteiger partial charge is 0.497 e. The number of carbonyl (C=O) groups is 1. The molecule has 1 saturated heterocycles. The summed E-state index contributed by atoms with van der Waals surface area (Å²) < 4.78 is 30.1. The predicted octanol–water partition coefficient (Wildman–Crippen LogP) is 3.11. The Morgan fingerprint density at radius 3 is 2.44 bits per heavy atom. The van der Waals surface area contributed by atoms with Crippen molar-refractivity contribution in [1.29, 1.82) is 0 Å². The van der Waals surface area contributed by atoms with Gasteiger partial charge in [0.05, 0.1) is 29.7 Å². The summed E-state index contributed by atoms with van der Waals surface area (Å²) in [5, 5.41) is 1.78. The Bertz CT molecular complexity index is 1220. The molecule has 1 amide bonds. The minimum atomic E-state index is -3.22. The van der Waals surface area contributed by atoms with Crippen LogP contribution in [0.4, 0.5) is 0 Å². The number of hydrogen-bond acceptors (Lipinski definition) is 6. The molecule has 1 aliphatic heterocycles. The minimum absolute atomic E-state index is 0.0167. The van der Waals surface area contributed by atoms with E-state index in [-0.39, 0.29) is 11.7 Å². The van der Waals surface area contributed by atoms with Crippen molar-refractivity contribution in [3.05, 3.63) is 54.6 Å². The SMILES string of the molecule is COc1ccc2c(-c3ccccc3)cc(SCC(=O)N3CCN(S(C)(=O)=O)CC3)nc2c1. The highest BCUT2D eigenvalue weighted by molar-refractivity contribution is 7.99. The van der Waals surface area contributed by atoms with E-state index < -0.39 is 10.0 Å². The molecule has 0 aliphatic carbocycles. The summed E-state index contributed by atoms with van der Waals surface area (Å²) in [7, 11) is -1.59. The van der Waals surface area contributed by atoms with Gasteiger partial charge in [-0.1, -0.05) is 42.1 Å². The number of nitrogens with zero attached hydrogens (tertiary/aromatic N) is 3. The molecule has 0 atom stereocenters. The number of pyridine rings is 1. The molecule has 0 saturated carbocycles. The van der Waals surface area contributed by atoms with E-state index in [1.165, 1.54) is 22.3 Å². The summed E-state index contributed by atoms with van der Waals surface area (Å²) >= 11 is 1.39. The van der Waals surface area contributed by atoms with Crippen molar-refractivity contribution in [3.63, 3.8) is 0 Å². The Morgan fingerprint density at radius 1 is 1.06 bits per heavy atom. The van der Waals surface area contributed by atoms with Gasteiger partial charge in [-0.3, -0.25) is 4.79 Å². The van der Waals surface area contributed by atoms with Crippen LogP contribution in [0.25, 0.3) is 22.0 Å². The van der Waals surface area contributed by atoms with Gasteiger partial charge in [0.2, 0.25) is 15.9 Å². The maximum atomic E-state index is 12.7. The summed E-state index contributed by atoms with van der Waals surface area (Å²) in [5.74, 6) is 0.957. The van der Waals surface area contributed by atoms with Crippen molar-refractivity contribution < 1.29 is 17.9 Å². The Hall–Kier alpha value is -2.62. The van der Waals surface area contributed by atoms with Crippen LogP contribution in [0.5, 0.6) is 5.75 Å². The number of benzene rings is 2. The molecule has 1 aromatic heterocycles. The molecule has 1 fully saturated rings. The van der Waals surface area contributed by atoms with Gasteiger partial charge in [0.1, 0.15) is 5.75 Å². The van der Waals surface area contributed by atoms with Crippen LogP contribution < -0.4 is 4.74 Å². The van der Waals surface area contributed by atoms with E-state index in [0.29, 0.717) is 26.2 Å². The van der Waals surface area contributed by atoms with Crippen molar-refractivity contribution in [2.75, 3.05) is 45.3 Å². The summed E-state index contributed by atoms with van der Waals surface area (Å²) in [6, 6.07) is 17.9. The minimum Gasteiger partial charge on any atom is -0.497 e. The molecule has 0 spiro atoms. The van der Waals surface area contributed by atoms with Crippen LogP contribution in [0, 0.1) is 0 Å². The topological polar surface area (TPSA) is 79.8 Å². The number of ether oxygens (including phenoxy) is 1. The second-order valence-electron chi connectivity index (χ2n) is 7.59. The lowest BCUT2D eigenvalue weighted by Crippen LogP contribution is -2.50. The van der Waals surface area contributed by atoms with Crippen molar-refractivity contribution in [2.45, 2.75) is 5.03 Å². The summed E-state index contributed by atoms with van der Waals surface area (Å²) in [6.45, 7) is 1.48. The molecule has 7 nitrogen and oxygen atoms in total. The van der Waals surface area contributed by atoms with Crippen LogP contribution in [-0.4, -0.2) is 73.8 Å². The van der Waals surface area contributed by atoms with Crippen LogP contribution in [0.3, 0.4) is 0 Å². The number of carbonyl (C=O) groups excluding carboxylic acids is 1. The monoisotopic (exact) mass is 471 g/mol. The first kappa shape index (κ1) is 22.6. The molecular formula is C23H25N3O4S2. The fourth-order valence-electron chi connectivity index (χ4n) is 3.74. The van der Waals surface area contributed by atoms with Crippen LogP contribution in [0.2, 0.25) is 0 Å². The van der Waals surface area contributed by atoms with Crippen LogP contribution in [0.1, 0.15) is 0 Å². The van der Waals surface area contributed by atoms with Gasteiger partial charge in [-0.25, -0.2) is 13.4 Å². The summed E-state index contributed by atoms with van der Waals surface area (Å²) in [4.78, 5) is 19.2. The highest BCUT2D eigenvalue weighted by atomic mass is 32.2. The van der Waals surface area contributed by atoms with Gasteiger partial charge >= 0.3 is 0 Å². The van der Waals surface area contributed by atoms with E-state index in [2.05, 4.69) is 12.1 Å². The second kappa shape index (κ2) is 9.48. The zero-order valence-electron chi connectivity index (χ0n) is 18.0. The average molecular weight is 472 g/mol. The van der Waals surface area contributed by atoms with Crippen LogP contribution in [0.15, 0.2) is 59.6 Å². The van der Waals surface area contributed by atoms with Gasteiger partial charge in [-0.15, -0.1) is 0 Å². The Kier molecular flexibility index (Phi) is 6.68. The molecule has 3 aromatic rings. The van der Waals surface area contributed by atoms with Crippen molar-refractivity contribution in [2.24, 2.45) is 0 Å². The number of amides is 1.